The summed E-state index contributed by atoms with van der Waals surface area (Å²) >= 11 is 0. The van der Waals surface area contributed by atoms with E-state index in [2.05, 4.69) is 49.2 Å². The van der Waals surface area contributed by atoms with Crippen LogP contribution in [0.1, 0.15) is 50.7 Å². The van der Waals surface area contributed by atoms with Crippen molar-refractivity contribution in [1.82, 2.24) is 5.32 Å². The summed E-state index contributed by atoms with van der Waals surface area (Å²) in [6, 6.07) is 7.68. The molecule has 0 amide bonds. The number of nitrogens with zero attached hydrogens (tertiary/aromatic N) is 1. The minimum atomic E-state index is 0.777. The van der Waals surface area contributed by atoms with Crippen LogP contribution in [-0.2, 0) is 6.54 Å². The molecule has 1 aliphatic carbocycles. The van der Waals surface area contributed by atoms with Gasteiger partial charge in [-0.15, -0.1) is 0 Å². The molecule has 0 spiro atoms. The van der Waals surface area contributed by atoms with Crippen LogP contribution in [0, 0.1) is 6.92 Å². The summed E-state index contributed by atoms with van der Waals surface area (Å²) in [4.78, 5) is 2.54. The van der Waals surface area contributed by atoms with Gasteiger partial charge in [0.1, 0.15) is 0 Å². The summed E-state index contributed by atoms with van der Waals surface area (Å²) in [6.45, 7) is 10.1. The van der Waals surface area contributed by atoms with Crippen LogP contribution in [0.4, 0.5) is 5.69 Å². The molecule has 0 radical (unpaired) electrons. The summed E-state index contributed by atoms with van der Waals surface area (Å²) in [5.74, 6) is 0. The Balaban J connectivity index is 2.14. The molecule has 1 aliphatic rings. The number of nitrogens with one attached hydrogen (secondary N) is 1. The molecule has 0 bridgehead atoms. The second-order valence-electron chi connectivity index (χ2n) is 5.77. The third kappa shape index (κ3) is 4.24. The highest BCUT2D eigenvalue weighted by molar-refractivity contribution is 5.55. The molecule has 2 nitrogen and oxygen atoms in total. The average Bonchev–Trinajstić information content (AvgIpc) is 3.20. The summed E-state index contributed by atoms with van der Waals surface area (Å²) in [5.41, 5.74) is 4.26. The lowest BCUT2D eigenvalue weighted by molar-refractivity contribution is 0.678. The van der Waals surface area contributed by atoms with Gasteiger partial charge in [0.25, 0.3) is 0 Å². The van der Waals surface area contributed by atoms with E-state index in [9.17, 15) is 0 Å². The second-order valence-corrected chi connectivity index (χ2v) is 5.77. The predicted molar refractivity (Wildman–Crippen MR) is 83.8 cm³/mol. The molecule has 1 fully saturated rings. The van der Waals surface area contributed by atoms with E-state index >= 15 is 0 Å². The van der Waals surface area contributed by atoms with E-state index in [1.807, 2.05) is 0 Å². The minimum absolute atomic E-state index is 0.777. The number of benzene rings is 1. The van der Waals surface area contributed by atoms with Crippen LogP contribution in [-0.4, -0.2) is 19.1 Å². The van der Waals surface area contributed by atoms with Crippen LogP contribution in [0.25, 0.3) is 0 Å². The average molecular weight is 260 g/mol. The van der Waals surface area contributed by atoms with Gasteiger partial charge in [-0.1, -0.05) is 31.5 Å². The molecule has 1 aromatic rings. The molecular weight excluding hydrogens is 232 g/mol. The Morgan fingerprint density at radius 3 is 2.42 bits per heavy atom. The minimum Gasteiger partial charge on any atom is -0.371 e. The first-order valence-corrected chi connectivity index (χ1v) is 7.82. The third-order valence-corrected chi connectivity index (χ3v) is 3.72. The van der Waals surface area contributed by atoms with Crippen LogP contribution >= 0.6 is 0 Å². The number of aryl methyl sites for hydroxylation is 1. The Bertz CT molecular complexity index is 390. The highest BCUT2D eigenvalue weighted by atomic mass is 15.1. The Morgan fingerprint density at radius 2 is 1.84 bits per heavy atom. The van der Waals surface area contributed by atoms with Gasteiger partial charge in [-0.05, 0) is 44.2 Å². The standard InChI is InChI=1S/C17H28N2/c1-4-10-19(11-5-2)17-9-6-14(3)12-15(17)13-18-16-7-8-16/h6,9,12,16,18H,4-5,7-8,10-11,13H2,1-3H3. The molecule has 0 aromatic heterocycles. The summed E-state index contributed by atoms with van der Waals surface area (Å²) in [7, 11) is 0. The third-order valence-electron chi connectivity index (χ3n) is 3.72. The van der Waals surface area contributed by atoms with Crippen LogP contribution in [0.3, 0.4) is 0 Å². The molecule has 0 heterocycles. The van der Waals surface area contributed by atoms with Gasteiger partial charge in [-0.2, -0.15) is 0 Å². The van der Waals surface area contributed by atoms with Gasteiger partial charge < -0.3 is 10.2 Å². The smallest absolute Gasteiger partial charge is 0.0412 e. The van der Waals surface area contributed by atoms with Crippen molar-refractivity contribution in [1.29, 1.82) is 0 Å². The van der Waals surface area contributed by atoms with Gasteiger partial charge in [0.2, 0.25) is 0 Å². The highest BCUT2D eigenvalue weighted by Crippen LogP contribution is 2.25. The number of hydrogen-bond donors (Lipinski definition) is 1. The summed E-state index contributed by atoms with van der Waals surface area (Å²) < 4.78 is 0. The molecule has 2 heteroatoms. The Labute approximate surface area is 118 Å². The van der Waals surface area contributed by atoms with E-state index in [1.165, 1.54) is 42.5 Å². The number of anilines is 1. The molecule has 19 heavy (non-hydrogen) atoms. The zero-order chi connectivity index (χ0) is 13.7. The van der Waals surface area contributed by atoms with E-state index < -0.39 is 0 Å². The van der Waals surface area contributed by atoms with Crippen LogP contribution in [0.5, 0.6) is 0 Å². The lowest BCUT2D eigenvalue weighted by atomic mass is 10.1. The molecule has 106 valence electrons. The van der Waals surface area contributed by atoms with Gasteiger partial charge >= 0.3 is 0 Å². The summed E-state index contributed by atoms with van der Waals surface area (Å²) in [5, 5.41) is 3.65. The Hall–Kier alpha value is -1.02. The Kier molecular flexibility index (Phi) is 5.26. The number of hydrogen-bond acceptors (Lipinski definition) is 2. The van der Waals surface area contributed by atoms with Crippen molar-refractivity contribution in [2.45, 2.75) is 59.0 Å². The normalized spacial score (nSPS) is 14.7. The van der Waals surface area contributed by atoms with Crippen molar-refractivity contribution in [3.8, 4) is 0 Å². The topological polar surface area (TPSA) is 15.3 Å². The largest absolute Gasteiger partial charge is 0.371 e. The molecule has 1 N–H and O–H groups in total. The van der Waals surface area contributed by atoms with Gasteiger partial charge in [0, 0.05) is 31.4 Å². The number of rotatable bonds is 8. The maximum Gasteiger partial charge on any atom is 0.0412 e. The zero-order valence-electron chi connectivity index (χ0n) is 12.7. The van der Waals surface area contributed by atoms with E-state index in [1.54, 1.807) is 0 Å². The van der Waals surface area contributed by atoms with Crippen molar-refractivity contribution in [2.24, 2.45) is 0 Å². The Morgan fingerprint density at radius 1 is 1.16 bits per heavy atom. The molecule has 0 unspecified atom stereocenters. The van der Waals surface area contributed by atoms with Crippen molar-refractivity contribution in [3.05, 3.63) is 29.3 Å². The predicted octanol–water partition coefficient (Wildman–Crippen LogP) is 3.87. The van der Waals surface area contributed by atoms with Gasteiger partial charge in [-0.25, -0.2) is 0 Å². The molecule has 0 atom stereocenters. The van der Waals surface area contributed by atoms with Crippen molar-refractivity contribution < 1.29 is 0 Å². The molecular formula is C17H28N2. The van der Waals surface area contributed by atoms with E-state index in [0.717, 1.165) is 25.7 Å². The lowest BCUT2D eigenvalue weighted by Crippen LogP contribution is -2.27. The fraction of sp³-hybridized carbons (Fsp3) is 0.647. The fourth-order valence-electron chi connectivity index (χ4n) is 2.60. The zero-order valence-corrected chi connectivity index (χ0v) is 12.7. The maximum absolute atomic E-state index is 3.65. The molecule has 2 rings (SSSR count). The second kappa shape index (κ2) is 6.95. The van der Waals surface area contributed by atoms with Crippen LogP contribution in [0.2, 0.25) is 0 Å². The van der Waals surface area contributed by atoms with Gasteiger partial charge in [0.15, 0.2) is 0 Å². The molecule has 0 saturated heterocycles. The van der Waals surface area contributed by atoms with E-state index in [0.29, 0.717) is 0 Å². The van der Waals surface area contributed by atoms with Crippen LogP contribution < -0.4 is 10.2 Å². The van der Waals surface area contributed by atoms with Crippen molar-refractivity contribution in [2.75, 3.05) is 18.0 Å². The quantitative estimate of drug-likeness (QED) is 0.763. The first-order chi connectivity index (χ1) is 9.24. The fourth-order valence-corrected chi connectivity index (χ4v) is 2.60. The maximum atomic E-state index is 3.65. The summed E-state index contributed by atoms with van der Waals surface area (Å²) in [6.07, 6.45) is 5.14. The molecule has 1 saturated carbocycles. The van der Waals surface area contributed by atoms with Crippen LogP contribution in [0.15, 0.2) is 18.2 Å². The first-order valence-electron chi connectivity index (χ1n) is 7.82. The molecule has 1 aromatic carbocycles. The lowest BCUT2D eigenvalue weighted by Gasteiger charge is -2.27. The molecule has 0 aliphatic heterocycles. The van der Waals surface area contributed by atoms with E-state index in [4.69, 9.17) is 0 Å². The first kappa shape index (κ1) is 14.4. The van der Waals surface area contributed by atoms with E-state index in [-0.39, 0.29) is 0 Å². The highest BCUT2D eigenvalue weighted by Gasteiger charge is 2.21. The van der Waals surface area contributed by atoms with Crippen molar-refractivity contribution in [3.63, 3.8) is 0 Å². The van der Waals surface area contributed by atoms with Gasteiger partial charge in [-0.3, -0.25) is 0 Å². The van der Waals surface area contributed by atoms with Gasteiger partial charge in [0.05, 0.1) is 0 Å². The monoisotopic (exact) mass is 260 g/mol. The SMILES string of the molecule is CCCN(CCC)c1ccc(C)cc1CNC1CC1. The van der Waals surface area contributed by atoms with Crippen molar-refractivity contribution >= 4 is 5.69 Å².